The van der Waals surface area contributed by atoms with Gasteiger partial charge in [-0.1, -0.05) is 66.7 Å². The van der Waals surface area contributed by atoms with E-state index in [2.05, 4.69) is 145 Å². The maximum absolute atomic E-state index is 5.24. The van der Waals surface area contributed by atoms with Crippen molar-refractivity contribution in [3.05, 3.63) is 121 Å². The van der Waals surface area contributed by atoms with E-state index in [1.165, 1.54) is 28.1 Å². The average molecular weight is 527 g/mol. The fourth-order valence-electron chi connectivity index (χ4n) is 6.96. The van der Waals surface area contributed by atoms with Crippen molar-refractivity contribution in [2.45, 2.75) is 32.1 Å². The molecule has 3 aliphatic rings. The zero-order valence-corrected chi connectivity index (χ0v) is 23.4. The van der Waals surface area contributed by atoms with Crippen molar-refractivity contribution in [2.75, 3.05) is 28.8 Å². The Bertz CT molecular complexity index is 1640. The van der Waals surface area contributed by atoms with Crippen LogP contribution in [0.4, 0.5) is 22.9 Å². The number of hydrogen-bond acceptors (Lipinski definition) is 6. The van der Waals surface area contributed by atoms with Gasteiger partial charge in [-0.2, -0.15) is 0 Å². The number of allylic oxidation sites excluding steroid dienone is 1. The average Bonchev–Trinajstić information content (AvgIpc) is 3.49. The van der Waals surface area contributed by atoms with E-state index < -0.39 is 0 Å². The Morgan fingerprint density at radius 3 is 2.23 bits per heavy atom. The van der Waals surface area contributed by atoms with Gasteiger partial charge in [0.05, 0.1) is 6.20 Å². The third-order valence-corrected chi connectivity index (χ3v) is 8.88. The largest absolute Gasteiger partial charge is 0.358 e. The van der Waals surface area contributed by atoms with Gasteiger partial charge in [-0.15, -0.1) is 6.58 Å². The maximum atomic E-state index is 5.24. The monoisotopic (exact) mass is 526 g/mol. The lowest BCUT2D eigenvalue weighted by Crippen LogP contribution is -2.59. The second kappa shape index (κ2) is 9.26. The number of anilines is 4. The number of rotatable bonds is 4. The molecule has 0 N–H and O–H groups in total. The summed E-state index contributed by atoms with van der Waals surface area (Å²) in [6.45, 7) is 8.68. The van der Waals surface area contributed by atoms with Gasteiger partial charge in [-0.05, 0) is 42.7 Å². The topological polar surface area (TPSA) is 38.7 Å². The van der Waals surface area contributed by atoms with Crippen LogP contribution in [-0.4, -0.2) is 41.3 Å². The van der Waals surface area contributed by atoms with Gasteiger partial charge >= 0.3 is 0 Å². The minimum atomic E-state index is 0.0215. The van der Waals surface area contributed by atoms with Gasteiger partial charge in [-0.3, -0.25) is 0 Å². The Morgan fingerprint density at radius 1 is 0.775 bits per heavy atom. The molecule has 4 aromatic rings. The normalized spacial score (nSPS) is 22.8. The van der Waals surface area contributed by atoms with Crippen molar-refractivity contribution >= 4 is 22.9 Å². The SMILES string of the molecule is C=CC1c2ccccc2N2c3nc(-c4ccccc4C)ncc3N(C)C2C1C1N(C)C=CN1c1ccccc1C. The fourth-order valence-corrected chi connectivity index (χ4v) is 6.96. The molecule has 6 nitrogen and oxygen atoms in total. The molecule has 3 aliphatic heterocycles. The lowest BCUT2D eigenvalue weighted by atomic mass is 9.76. The molecule has 0 bridgehead atoms. The van der Waals surface area contributed by atoms with Crippen molar-refractivity contribution in [3.8, 4) is 11.4 Å². The smallest absolute Gasteiger partial charge is 0.162 e. The second-order valence-electron chi connectivity index (χ2n) is 11.1. The van der Waals surface area contributed by atoms with E-state index in [0.717, 1.165) is 22.9 Å². The number of nitrogens with zero attached hydrogens (tertiary/aromatic N) is 6. The molecule has 40 heavy (non-hydrogen) atoms. The van der Waals surface area contributed by atoms with Crippen molar-refractivity contribution < 1.29 is 0 Å². The molecule has 7 rings (SSSR count). The highest BCUT2D eigenvalue weighted by Gasteiger charge is 2.53. The molecule has 1 aromatic heterocycles. The van der Waals surface area contributed by atoms with Gasteiger partial charge in [0.2, 0.25) is 0 Å². The molecule has 3 aromatic carbocycles. The molecular formula is C34H34N6. The predicted molar refractivity (Wildman–Crippen MR) is 164 cm³/mol. The van der Waals surface area contributed by atoms with Gasteiger partial charge in [0, 0.05) is 55.3 Å². The molecule has 6 heteroatoms. The van der Waals surface area contributed by atoms with Crippen LogP contribution in [0.2, 0.25) is 0 Å². The quantitative estimate of drug-likeness (QED) is 0.272. The first-order valence-corrected chi connectivity index (χ1v) is 13.9. The first-order chi connectivity index (χ1) is 19.5. The highest BCUT2D eigenvalue weighted by atomic mass is 15.5. The molecule has 4 unspecified atom stereocenters. The number of para-hydroxylation sites is 2. The van der Waals surface area contributed by atoms with Gasteiger partial charge in [0.25, 0.3) is 0 Å². The third-order valence-electron chi connectivity index (χ3n) is 8.88. The summed E-state index contributed by atoms with van der Waals surface area (Å²) in [5.41, 5.74) is 8.22. The molecule has 0 radical (unpaired) electrons. The Balaban J connectivity index is 1.42. The van der Waals surface area contributed by atoms with E-state index in [1.54, 1.807) is 0 Å². The predicted octanol–water partition coefficient (Wildman–Crippen LogP) is 6.82. The Morgan fingerprint density at radius 2 is 1.48 bits per heavy atom. The summed E-state index contributed by atoms with van der Waals surface area (Å²) in [6.07, 6.45) is 8.65. The molecule has 0 saturated carbocycles. The Hall–Kier alpha value is -4.58. The van der Waals surface area contributed by atoms with Crippen molar-refractivity contribution in [1.29, 1.82) is 0 Å². The van der Waals surface area contributed by atoms with Gasteiger partial charge in [0.1, 0.15) is 18.0 Å². The van der Waals surface area contributed by atoms with Crippen LogP contribution < -0.4 is 14.7 Å². The summed E-state index contributed by atoms with van der Waals surface area (Å²) < 4.78 is 0. The first kappa shape index (κ1) is 24.5. The molecule has 0 amide bonds. The summed E-state index contributed by atoms with van der Waals surface area (Å²) in [7, 11) is 4.37. The molecule has 0 saturated heterocycles. The summed E-state index contributed by atoms with van der Waals surface area (Å²) in [5.74, 6) is 1.99. The molecule has 4 heterocycles. The van der Waals surface area contributed by atoms with E-state index >= 15 is 0 Å². The third kappa shape index (κ3) is 3.48. The highest BCUT2D eigenvalue weighted by molar-refractivity contribution is 5.84. The molecule has 200 valence electrons. The van der Waals surface area contributed by atoms with Gasteiger partial charge < -0.3 is 19.6 Å². The molecule has 4 atom stereocenters. The summed E-state index contributed by atoms with van der Waals surface area (Å²) >= 11 is 0. The molecule has 0 fully saturated rings. The number of benzene rings is 3. The van der Waals surface area contributed by atoms with Crippen LogP contribution in [0.5, 0.6) is 0 Å². The standard InChI is InChI=1S/C34H34N6/c1-6-24-26-16-10-12-18-28(26)40-32-29(21-35-31(36-32)25-15-9-7-13-22(25)2)38(5)34(40)30(24)33-37(4)19-20-39(33)27-17-11-8-14-23(27)3/h6-21,24,30,33-34H,1H2,2-5H3. The minimum absolute atomic E-state index is 0.0215. The maximum Gasteiger partial charge on any atom is 0.162 e. The lowest BCUT2D eigenvalue weighted by Gasteiger charge is -2.50. The first-order valence-electron chi connectivity index (χ1n) is 13.9. The molecular weight excluding hydrogens is 492 g/mol. The number of fused-ring (bicyclic) bond motifs is 5. The van der Waals surface area contributed by atoms with Crippen LogP contribution in [0.3, 0.4) is 0 Å². The zero-order valence-electron chi connectivity index (χ0n) is 23.4. The number of hydrogen-bond donors (Lipinski definition) is 0. The van der Waals surface area contributed by atoms with E-state index in [4.69, 9.17) is 9.97 Å². The van der Waals surface area contributed by atoms with E-state index in [-0.39, 0.29) is 24.2 Å². The van der Waals surface area contributed by atoms with Crippen LogP contribution in [-0.2, 0) is 0 Å². The number of aryl methyl sites for hydroxylation is 2. The van der Waals surface area contributed by atoms with Crippen LogP contribution in [0.1, 0.15) is 22.6 Å². The Labute approximate surface area is 236 Å². The van der Waals surface area contributed by atoms with E-state index in [9.17, 15) is 0 Å². The summed E-state index contributed by atoms with van der Waals surface area (Å²) in [4.78, 5) is 19.7. The highest BCUT2D eigenvalue weighted by Crippen LogP contribution is 2.55. The molecule has 0 spiro atoms. The summed E-state index contributed by atoms with van der Waals surface area (Å²) in [5, 5.41) is 0. The van der Waals surface area contributed by atoms with Crippen LogP contribution >= 0.6 is 0 Å². The van der Waals surface area contributed by atoms with E-state index in [0.29, 0.717) is 0 Å². The zero-order chi connectivity index (χ0) is 27.5. The fraction of sp³-hybridized carbons (Fsp3) is 0.235. The summed E-state index contributed by atoms with van der Waals surface area (Å²) in [6, 6.07) is 25.7. The second-order valence-corrected chi connectivity index (χ2v) is 11.1. The van der Waals surface area contributed by atoms with Gasteiger partial charge in [0.15, 0.2) is 11.6 Å². The molecule has 0 aliphatic carbocycles. The van der Waals surface area contributed by atoms with Crippen LogP contribution in [0.25, 0.3) is 11.4 Å². The number of aromatic nitrogens is 2. The van der Waals surface area contributed by atoms with Crippen LogP contribution in [0.15, 0.2) is 104 Å². The van der Waals surface area contributed by atoms with Crippen molar-refractivity contribution in [2.24, 2.45) is 5.92 Å². The minimum Gasteiger partial charge on any atom is -0.358 e. The van der Waals surface area contributed by atoms with Crippen LogP contribution in [0, 0.1) is 19.8 Å². The van der Waals surface area contributed by atoms with Crippen molar-refractivity contribution in [3.63, 3.8) is 0 Å². The Kier molecular flexibility index (Phi) is 5.66. The lowest BCUT2D eigenvalue weighted by molar-refractivity contribution is 0.203. The van der Waals surface area contributed by atoms with E-state index in [1.807, 2.05) is 6.20 Å². The van der Waals surface area contributed by atoms with Crippen molar-refractivity contribution in [1.82, 2.24) is 14.9 Å². The van der Waals surface area contributed by atoms with Gasteiger partial charge in [-0.25, -0.2) is 9.97 Å².